The number of ether oxygens (including phenoxy) is 1. The smallest absolute Gasteiger partial charge is 0.355 e. The van der Waals surface area contributed by atoms with E-state index in [1.807, 2.05) is 4.90 Å². The maximum Gasteiger partial charge on any atom is 0.355 e. The summed E-state index contributed by atoms with van der Waals surface area (Å²) in [6.07, 6.45) is 6.10. The van der Waals surface area contributed by atoms with E-state index in [4.69, 9.17) is 4.74 Å². The lowest BCUT2D eigenvalue weighted by atomic mass is 9.75. The van der Waals surface area contributed by atoms with Crippen molar-refractivity contribution in [3.8, 4) is 0 Å². The number of carbonyl (C=O) groups is 3. The summed E-state index contributed by atoms with van der Waals surface area (Å²) >= 11 is 0. The monoisotopic (exact) mass is 360 g/mol. The minimum Gasteiger partial charge on any atom is -0.451 e. The van der Waals surface area contributed by atoms with Crippen LogP contribution in [0.4, 0.5) is 0 Å². The number of amides is 1. The SMILES string of the molecule is CC(=O)c1c(C)[nH]c(C(=O)OCC(=O)N2CC[C@@H]3CCCC[C@H]3C2)c1C. The lowest BCUT2D eigenvalue weighted by Gasteiger charge is -2.41. The van der Waals surface area contributed by atoms with Crippen molar-refractivity contribution in [1.29, 1.82) is 0 Å². The van der Waals surface area contributed by atoms with Crippen LogP contribution in [0.5, 0.6) is 0 Å². The van der Waals surface area contributed by atoms with Gasteiger partial charge in [-0.05, 0) is 51.0 Å². The van der Waals surface area contributed by atoms with Crippen LogP contribution in [-0.4, -0.2) is 47.2 Å². The number of aryl methyl sites for hydroxylation is 1. The molecule has 1 aromatic heterocycles. The van der Waals surface area contributed by atoms with Gasteiger partial charge in [-0.2, -0.15) is 0 Å². The predicted molar refractivity (Wildman–Crippen MR) is 97.2 cm³/mol. The van der Waals surface area contributed by atoms with Crippen molar-refractivity contribution >= 4 is 17.7 Å². The lowest BCUT2D eigenvalue weighted by Crippen LogP contribution is -2.46. The quantitative estimate of drug-likeness (QED) is 0.661. The van der Waals surface area contributed by atoms with Crippen molar-refractivity contribution in [1.82, 2.24) is 9.88 Å². The Morgan fingerprint density at radius 2 is 1.81 bits per heavy atom. The van der Waals surface area contributed by atoms with E-state index in [-0.39, 0.29) is 24.0 Å². The number of esters is 1. The third kappa shape index (κ3) is 3.69. The third-order valence-corrected chi connectivity index (χ3v) is 5.96. The van der Waals surface area contributed by atoms with Gasteiger partial charge in [0.25, 0.3) is 5.91 Å². The van der Waals surface area contributed by atoms with Gasteiger partial charge in [0.2, 0.25) is 0 Å². The number of nitrogens with zero attached hydrogens (tertiary/aromatic N) is 1. The molecule has 1 saturated carbocycles. The molecule has 1 saturated heterocycles. The van der Waals surface area contributed by atoms with E-state index >= 15 is 0 Å². The molecule has 6 nitrogen and oxygen atoms in total. The van der Waals surface area contributed by atoms with Crippen molar-refractivity contribution in [2.24, 2.45) is 11.8 Å². The average molecular weight is 360 g/mol. The number of hydrogen-bond acceptors (Lipinski definition) is 4. The second kappa shape index (κ2) is 7.64. The lowest BCUT2D eigenvalue weighted by molar-refractivity contribution is -0.137. The predicted octanol–water partition coefficient (Wildman–Crippen LogP) is 3.03. The Bertz CT molecular complexity index is 722. The normalized spacial score (nSPS) is 22.7. The first-order chi connectivity index (χ1) is 12.4. The van der Waals surface area contributed by atoms with Crippen molar-refractivity contribution in [2.45, 2.75) is 52.9 Å². The van der Waals surface area contributed by atoms with Gasteiger partial charge in [-0.25, -0.2) is 4.79 Å². The van der Waals surface area contributed by atoms with E-state index in [2.05, 4.69) is 4.98 Å². The molecule has 26 heavy (non-hydrogen) atoms. The summed E-state index contributed by atoms with van der Waals surface area (Å²) in [5, 5.41) is 0. The minimum atomic E-state index is -0.584. The zero-order valence-corrected chi connectivity index (χ0v) is 15.9. The second-order valence-corrected chi connectivity index (χ2v) is 7.69. The average Bonchev–Trinajstić information content (AvgIpc) is 2.93. The number of piperidine rings is 1. The summed E-state index contributed by atoms with van der Waals surface area (Å²) in [5.74, 6) is 0.546. The van der Waals surface area contributed by atoms with Gasteiger partial charge in [0.1, 0.15) is 5.69 Å². The number of fused-ring (bicyclic) bond motifs is 1. The van der Waals surface area contributed by atoms with E-state index < -0.39 is 5.97 Å². The van der Waals surface area contributed by atoms with Crippen LogP contribution in [0.2, 0.25) is 0 Å². The number of ketones is 1. The summed E-state index contributed by atoms with van der Waals surface area (Å²) in [4.78, 5) is 41.2. The Balaban J connectivity index is 1.57. The molecule has 3 rings (SSSR count). The number of carbonyl (C=O) groups excluding carboxylic acids is 3. The standard InChI is InChI=1S/C20H28N2O4/c1-12-18(14(3)23)13(2)21-19(12)20(25)26-11-17(24)22-9-8-15-6-4-5-7-16(15)10-22/h15-16,21H,4-11H2,1-3H3/t15-,16-/m0/s1. The fourth-order valence-electron chi connectivity index (χ4n) is 4.60. The molecule has 1 N–H and O–H groups in total. The van der Waals surface area contributed by atoms with E-state index in [1.54, 1.807) is 13.8 Å². The highest BCUT2D eigenvalue weighted by Crippen LogP contribution is 2.36. The molecule has 0 bridgehead atoms. The van der Waals surface area contributed by atoms with Crippen LogP contribution in [0.3, 0.4) is 0 Å². The molecule has 0 radical (unpaired) electrons. The molecule has 1 aliphatic heterocycles. The van der Waals surface area contributed by atoms with Crippen molar-refractivity contribution in [3.63, 3.8) is 0 Å². The maximum absolute atomic E-state index is 12.5. The highest BCUT2D eigenvalue weighted by Gasteiger charge is 2.33. The molecule has 2 aliphatic rings. The number of aromatic amines is 1. The maximum atomic E-state index is 12.5. The van der Waals surface area contributed by atoms with E-state index in [9.17, 15) is 14.4 Å². The van der Waals surface area contributed by atoms with Gasteiger partial charge in [-0.15, -0.1) is 0 Å². The van der Waals surface area contributed by atoms with E-state index in [1.165, 1.54) is 32.6 Å². The minimum absolute atomic E-state index is 0.0956. The molecule has 1 amide bonds. The number of nitrogens with one attached hydrogen (secondary N) is 1. The number of Topliss-reactive ketones (excluding diaryl/α,β-unsaturated/α-hetero) is 1. The molecule has 142 valence electrons. The van der Waals surface area contributed by atoms with Gasteiger partial charge >= 0.3 is 5.97 Å². The van der Waals surface area contributed by atoms with Gasteiger partial charge in [0, 0.05) is 24.3 Å². The van der Waals surface area contributed by atoms with Crippen LogP contribution in [0, 0.1) is 25.7 Å². The second-order valence-electron chi connectivity index (χ2n) is 7.69. The fraction of sp³-hybridized carbons (Fsp3) is 0.650. The van der Waals surface area contributed by atoms with Gasteiger partial charge in [0.15, 0.2) is 12.4 Å². The van der Waals surface area contributed by atoms with E-state index in [0.29, 0.717) is 22.7 Å². The molecule has 2 heterocycles. The first-order valence-corrected chi connectivity index (χ1v) is 9.53. The van der Waals surface area contributed by atoms with E-state index in [0.717, 1.165) is 25.4 Å². The molecular formula is C20H28N2O4. The molecular weight excluding hydrogens is 332 g/mol. The van der Waals surface area contributed by atoms with Crippen LogP contribution in [0.1, 0.15) is 71.1 Å². The van der Waals surface area contributed by atoms with Crippen LogP contribution >= 0.6 is 0 Å². The largest absolute Gasteiger partial charge is 0.451 e. The van der Waals surface area contributed by atoms with Gasteiger partial charge in [-0.3, -0.25) is 9.59 Å². The van der Waals surface area contributed by atoms with Crippen molar-refractivity contribution < 1.29 is 19.1 Å². The topological polar surface area (TPSA) is 79.5 Å². The van der Waals surface area contributed by atoms with Gasteiger partial charge < -0.3 is 14.6 Å². The Hall–Kier alpha value is -2.11. The Labute approximate surface area is 154 Å². The van der Waals surface area contributed by atoms with Gasteiger partial charge in [-0.1, -0.05) is 19.3 Å². The van der Waals surface area contributed by atoms with Crippen LogP contribution in [0.25, 0.3) is 0 Å². The number of aromatic nitrogens is 1. The van der Waals surface area contributed by atoms with Crippen molar-refractivity contribution in [3.05, 3.63) is 22.5 Å². The van der Waals surface area contributed by atoms with Crippen molar-refractivity contribution in [2.75, 3.05) is 19.7 Å². The molecule has 2 fully saturated rings. The molecule has 0 unspecified atom stereocenters. The van der Waals surface area contributed by atoms with Crippen LogP contribution < -0.4 is 0 Å². The number of rotatable bonds is 4. The Morgan fingerprint density at radius 1 is 1.12 bits per heavy atom. The zero-order valence-electron chi connectivity index (χ0n) is 15.9. The number of hydrogen-bond donors (Lipinski definition) is 1. The van der Waals surface area contributed by atoms with Crippen LogP contribution in [0.15, 0.2) is 0 Å². The summed E-state index contributed by atoms with van der Waals surface area (Å²) in [5.41, 5.74) is 2.00. The molecule has 6 heteroatoms. The Kier molecular flexibility index (Phi) is 5.49. The first-order valence-electron chi connectivity index (χ1n) is 9.53. The summed E-state index contributed by atoms with van der Waals surface area (Å²) in [7, 11) is 0. The molecule has 1 aromatic rings. The number of likely N-dealkylation sites (tertiary alicyclic amines) is 1. The number of H-pyrrole nitrogens is 1. The molecule has 1 aliphatic carbocycles. The molecule has 2 atom stereocenters. The zero-order chi connectivity index (χ0) is 18.8. The fourth-order valence-corrected chi connectivity index (χ4v) is 4.60. The van der Waals surface area contributed by atoms with Gasteiger partial charge in [0.05, 0.1) is 0 Å². The summed E-state index contributed by atoms with van der Waals surface area (Å²) < 4.78 is 5.24. The third-order valence-electron chi connectivity index (χ3n) is 5.96. The molecule has 0 spiro atoms. The summed E-state index contributed by atoms with van der Waals surface area (Å²) in [6, 6.07) is 0. The summed E-state index contributed by atoms with van der Waals surface area (Å²) in [6.45, 7) is 6.23. The first kappa shape index (κ1) is 18.7. The molecule has 0 aromatic carbocycles. The Morgan fingerprint density at radius 3 is 2.46 bits per heavy atom. The highest BCUT2D eigenvalue weighted by molar-refractivity contribution is 6.01. The highest BCUT2D eigenvalue weighted by atomic mass is 16.5. The van der Waals surface area contributed by atoms with Crippen LogP contribution in [-0.2, 0) is 9.53 Å².